The molecule has 1 aromatic heterocycles. The SMILES string of the molecule is CN(CCC(C)(C)N1CCNCC1)Cc1cc[nH]c1. The molecule has 0 spiro atoms. The maximum atomic E-state index is 3.43. The molecule has 19 heavy (non-hydrogen) atoms. The maximum Gasteiger partial charge on any atom is 0.0245 e. The van der Waals surface area contributed by atoms with Crippen LogP contribution in [0.4, 0.5) is 0 Å². The van der Waals surface area contributed by atoms with Gasteiger partial charge in [0.1, 0.15) is 0 Å². The molecule has 1 aliphatic rings. The largest absolute Gasteiger partial charge is 0.367 e. The summed E-state index contributed by atoms with van der Waals surface area (Å²) in [5, 5.41) is 3.43. The Morgan fingerprint density at radius 1 is 1.32 bits per heavy atom. The highest BCUT2D eigenvalue weighted by Gasteiger charge is 2.27. The summed E-state index contributed by atoms with van der Waals surface area (Å²) < 4.78 is 0. The fourth-order valence-electron chi connectivity index (χ4n) is 2.74. The highest BCUT2D eigenvalue weighted by molar-refractivity contribution is 5.07. The van der Waals surface area contributed by atoms with Gasteiger partial charge in [0.05, 0.1) is 0 Å². The number of hydrogen-bond acceptors (Lipinski definition) is 3. The van der Waals surface area contributed by atoms with Gasteiger partial charge in [0.2, 0.25) is 0 Å². The summed E-state index contributed by atoms with van der Waals surface area (Å²) in [6.45, 7) is 11.5. The maximum absolute atomic E-state index is 3.43. The standard InChI is InChI=1S/C15H28N4/c1-15(2,19-10-7-16-8-11-19)5-9-18(3)13-14-4-6-17-12-14/h4,6,12,16-17H,5,7-11,13H2,1-3H3. The van der Waals surface area contributed by atoms with Crippen molar-refractivity contribution in [1.82, 2.24) is 20.1 Å². The molecular weight excluding hydrogens is 236 g/mol. The summed E-state index contributed by atoms with van der Waals surface area (Å²) in [6.07, 6.45) is 5.29. The molecule has 0 aromatic carbocycles. The summed E-state index contributed by atoms with van der Waals surface area (Å²) >= 11 is 0. The van der Waals surface area contributed by atoms with E-state index in [0.717, 1.165) is 26.2 Å². The molecule has 0 bridgehead atoms. The van der Waals surface area contributed by atoms with E-state index in [-0.39, 0.29) is 0 Å². The van der Waals surface area contributed by atoms with Crippen LogP contribution in [0, 0.1) is 0 Å². The Morgan fingerprint density at radius 3 is 2.68 bits per heavy atom. The smallest absolute Gasteiger partial charge is 0.0245 e. The number of rotatable bonds is 6. The van der Waals surface area contributed by atoms with Crippen LogP contribution in [0.25, 0.3) is 0 Å². The van der Waals surface area contributed by atoms with E-state index in [1.165, 1.54) is 25.1 Å². The lowest BCUT2D eigenvalue weighted by Gasteiger charge is -2.42. The minimum absolute atomic E-state index is 0.300. The Labute approximate surface area is 117 Å². The average molecular weight is 264 g/mol. The third-order valence-electron chi connectivity index (χ3n) is 4.19. The fraction of sp³-hybridized carbons (Fsp3) is 0.733. The second kappa shape index (κ2) is 6.55. The predicted octanol–water partition coefficient (Wildman–Crippen LogP) is 1.52. The molecule has 0 amide bonds. The summed E-state index contributed by atoms with van der Waals surface area (Å²) in [7, 11) is 2.21. The first kappa shape index (κ1) is 14.6. The van der Waals surface area contributed by atoms with Gasteiger partial charge in [-0.05, 0) is 45.5 Å². The molecule has 2 N–H and O–H groups in total. The quantitative estimate of drug-likeness (QED) is 0.817. The molecule has 0 radical (unpaired) electrons. The topological polar surface area (TPSA) is 34.3 Å². The van der Waals surface area contributed by atoms with Crippen LogP contribution in [0.15, 0.2) is 18.5 Å². The zero-order chi connectivity index (χ0) is 13.7. The van der Waals surface area contributed by atoms with E-state index in [1.54, 1.807) is 0 Å². The minimum atomic E-state index is 0.300. The molecule has 1 fully saturated rings. The van der Waals surface area contributed by atoms with Gasteiger partial charge in [0.25, 0.3) is 0 Å². The van der Waals surface area contributed by atoms with Gasteiger partial charge < -0.3 is 15.2 Å². The molecule has 108 valence electrons. The summed E-state index contributed by atoms with van der Waals surface area (Å²) in [6, 6.07) is 2.15. The normalized spacial score (nSPS) is 18.1. The number of aromatic amines is 1. The Hall–Kier alpha value is -0.840. The van der Waals surface area contributed by atoms with Crippen molar-refractivity contribution < 1.29 is 0 Å². The van der Waals surface area contributed by atoms with E-state index >= 15 is 0 Å². The van der Waals surface area contributed by atoms with E-state index in [1.807, 2.05) is 6.20 Å². The van der Waals surface area contributed by atoms with Gasteiger partial charge in [-0.15, -0.1) is 0 Å². The van der Waals surface area contributed by atoms with Crippen molar-refractivity contribution in [3.05, 3.63) is 24.0 Å². The lowest BCUT2D eigenvalue weighted by atomic mass is 9.97. The van der Waals surface area contributed by atoms with Crippen molar-refractivity contribution in [3.63, 3.8) is 0 Å². The number of piperazine rings is 1. The molecule has 0 atom stereocenters. The van der Waals surface area contributed by atoms with Crippen molar-refractivity contribution >= 4 is 0 Å². The summed E-state index contributed by atoms with van der Waals surface area (Å²) in [4.78, 5) is 8.15. The van der Waals surface area contributed by atoms with E-state index < -0.39 is 0 Å². The van der Waals surface area contributed by atoms with E-state index in [9.17, 15) is 0 Å². The van der Waals surface area contributed by atoms with Gasteiger partial charge in [0, 0.05) is 50.7 Å². The Bertz CT molecular complexity index is 352. The average Bonchev–Trinajstić information content (AvgIpc) is 2.90. The summed E-state index contributed by atoms with van der Waals surface area (Å²) in [5.74, 6) is 0. The zero-order valence-electron chi connectivity index (χ0n) is 12.6. The van der Waals surface area contributed by atoms with Crippen LogP contribution in [0.5, 0.6) is 0 Å². The Balaban J connectivity index is 1.76. The van der Waals surface area contributed by atoms with Gasteiger partial charge >= 0.3 is 0 Å². The van der Waals surface area contributed by atoms with E-state index in [0.29, 0.717) is 5.54 Å². The van der Waals surface area contributed by atoms with Crippen LogP contribution in [0.1, 0.15) is 25.8 Å². The monoisotopic (exact) mass is 264 g/mol. The van der Waals surface area contributed by atoms with Gasteiger partial charge in [-0.1, -0.05) is 0 Å². The number of nitrogens with zero attached hydrogens (tertiary/aromatic N) is 2. The van der Waals surface area contributed by atoms with Crippen LogP contribution in [-0.2, 0) is 6.54 Å². The van der Waals surface area contributed by atoms with Crippen LogP contribution in [0.2, 0.25) is 0 Å². The molecule has 1 aliphatic heterocycles. The second-order valence-corrected chi connectivity index (χ2v) is 6.26. The fourth-order valence-corrected chi connectivity index (χ4v) is 2.74. The molecule has 4 heteroatoms. The van der Waals surface area contributed by atoms with Crippen molar-refractivity contribution in [2.24, 2.45) is 0 Å². The number of aromatic nitrogens is 1. The van der Waals surface area contributed by atoms with Crippen LogP contribution >= 0.6 is 0 Å². The molecule has 1 aromatic rings. The Morgan fingerprint density at radius 2 is 2.05 bits per heavy atom. The van der Waals surface area contributed by atoms with Crippen molar-refractivity contribution in [1.29, 1.82) is 0 Å². The molecule has 2 rings (SSSR count). The highest BCUT2D eigenvalue weighted by atomic mass is 15.2. The van der Waals surface area contributed by atoms with Gasteiger partial charge in [0.15, 0.2) is 0 Å². The van der Waals surface area contributed by atoms with Gasteiger partial charge in [-0.25, -0.2) is 0 Å². The first-order chi connectivity index (χ1) is 9.08. The van der Waals surface area contributed by atoms with Crippen LogP contribution < -0.4 is 5.32 Å². The van der Waals surface area contributed by atoms with Crippen molar-refractivity contribution in [2.75, 3.05) is 39.8 Å². The third-order valence-corrected chi connectivity index (χ3v) is 4.19. The summed E-state index contributed by atoms with van der Waals surface area (Å²) in [5.41, 5.74) is 1.66. The number of H-pyrrole nitrogens is 1. The molecule has 0 saturated carbocycles. The molecular formula is C15H28N4. The zero-order valence-corrected chi connectivity index (χ0v) is 12.6. The van der Waals surface area contributed by atoms with E-state index in [2.05, 4.69) is 53.3 Å². The minimum Gasteiger partial charge on any atom is -0.367 e. The van der Waals surface area contributed by atoms with Crippen molar-refractivity contribution in [3.8, 4) is 0 Å². The first-order valence-corrected chi connectivity index (χ1v) is 7.34. The first-order valence-electron chi connectivity index (χ1n) is 7.34. The second-order valence-electron chi connectivity index (χ2n) is 6.26. The predicted molar refractivity (Wildman–Crippen MR) is 80.3 cm³/mol. The van der Waals surface area contributed by atoms with Gasteiger partial charge in [-0.3, -0.25) is 4.90 Å². The Kier molecular flexibility index (Phi) is 5.02. The molecule has 4 nitrogen and oxygen atoms in total. The van der Waals surface area contributed by atoms with Crippen molar-refractivity contribution in [2.45, 2.75) is 32.4 Å². The number of hydrogen-bond donors (Lipinski definition) is 2. The van der Waals surface area contributed by atoms with Gasteiger partial charge in [-0.2, -0.15) is 0 Å². The lowest BCUT2D eigenvalue weighted by molar-refractivity contribution is 0.0854. The molecule has 1 saturated heterocycles. The van der Waals surface area contributed by atoms with E-state index in [4.69, 9.17) is 0 Å². The molecule has 2 heterocycles. The third kappa shape index (κ3) is 4.34. The van der Waals surface area contributed by atoms with Crippen LogP contribution in [-0.4, -0.2) is 60.1 Å². The highest BCUT2D eigenvalue weighted by Crippen LogP contribution is 2.20. The van der Waals surface area contributed by atoms with Crippen LogP contribution in [0.3, 0.4) is 0 Å². The molecule has 0 unspecified atom stereocenters. The number of nitrogens with one attached hydrogen (secondary N) is 2. The molecule has 0 aliphatic carbocycles. The lowest BCUT2D eigenvalue weighted by Crippen LogP contribution is -2.54.